The predicted octanol–water partition coefficient (Wildman–Crippen LogP) is 3.76. The number of rotatable bonds is 6. The normalized spacial score (nSPS) is 12.6. The van der Waals surface area contributed by atoms with E-state index in [9.17, 15) is 4.39 Å². The highest BCUT2D eigenvalue weighted by Gasteiger charge is 2.13. The molecule has 108 valence electrons. The summed E-state index contributed by atoms with van der Waals surface area (Å²) in [6.07, 6.45) is 2.58. The molecule has 0 fully saturated rings. The van der Waals surface area contributed by atoms with E-state index >= 15 is 0 Å². The molecule has 0 radical (unpaired) electrons. The lowest BCUT2D eigenvalue weighted by Gasteiger charge is -2.14. The van der Waals surface area contributed by atoms with Gasteiger partial charge in [-0.25, -0.2) is 4.39 Å². The molecule has 20 heavy (non-hydrogen) atoms. The molecular formula is C16H20ClFN2. The maximum atomic E-state index is 13.2. The van der Waals surface area contributed by atoms with E-state index in [1.165, 1.54) is 11.8 Å². The van der Waals surface area contributed by atoms with E-state index in [-0.39, 0.29) is 5.82 Å². The summed E-state index contributed by atoms with van der Waals surface area (Å²) in [5, 5.41) is 4.45. The third-order valence-electron chi connectivity index (χ3n) is 3.52. The minimum absolute atomic E-state index is 0.190. The van der Waals surface area contributed by atoms with Gasteiger partial charge in [0, 0.05) is 18.6 Å². The van der Waals surface area contributed by atoms with Crippen LogP contribution in [0.15, 0.2) is 30.3 Å². The molecule has 2 nitrogen and oxygen atoms in total. The highest BCUT2D eigenvalue weighted by molar-refractivity contribution is 6.18. The molecule has 0 bridgehead atoms. The van der Waals surface area contributed by atoms with Gasteiger partial charge in [-0.2, -0.15) is 5.10 Å². The number of benzene rings is 1. The van der Waals surface area contributed by atoms with Crippen LogP contribution in [0.5, 0.6) is 0 Å². The van der Waals surface area contributed by atoms with Crippen molar-refractivity contribution in [1.29, 1.82) is 0 Å². The first-order valence-electron chi connectivity index (χ1n) is 6.94. The molecule has 0 aliphatic heterocycles. The Labute approximate surface area is 124 Å². The van der Waals surface area contributed by atoms with Gasteiger partial charge in [0.05, 0.1) is 5.69 Å². The second-order valence-electron chi connectivity index (χ2n) is 5.16. The monoisotopic (exact) mass is 294 g/mol. The van der Waals surface area contributed by atoms with Gasteiger partial charge in [-0.1, -0.05) is 19.1 Å². The van der Waals surface area contributed by atoms with Crippen LogP contribution in [0.3, 0.4) is 0 Å². The van der Waals surface area contributed by atoms with Gasteiger partial charge in [0.15, 0.2) is 0 Å². The highest BCUT2D eigenvalue weighted by atomic mass is 35.5. The average molecular weight is 295 g/mol. The molecule has 0 aliphatic rings. The molecule has 0 saturated carbocycles. The van der Waals surface area contributed by atoms with Gasteiger partial charge in [0.2, 0.25) is 0 Å². The first-order chi connectivity index (χ1) is 9.62. The number of halogens is 2. The Kier molecular flexibility index (Phi) is 5.18. The summed E-state index contributed by atoms with van der Waals surface area (Å²) in [6, 6.07) is 8.87. The Bertz CT molecular complexity index is 565. The van der Waals surface area contributed by atoms with E-state index in [0.717, 1.165) is 30.5 Å². The van der Waals surface area contributed by atoms with Gasteiger partial charge in [0.1, 0.15) is 5.82 Å². The molecule has 0 saturated heterocycles. The summed E-state index contributed by atoms with van der Waals surface area (Å²) in [5.41, 5.74) is 3.28. The van der Waals surface area contributed by atoms with Crippen LogP contribution in [0.25, 0.3) is 0 Å². The van der Waals surface area contributed by atoms with E-state index in [1.54, 1.807) is 12.1 Å². The maximum absolute atomic E-state index is 13.2. The Hall–Kier alpha value is -1.35. The molecular weight excluding hydrogens is 275 g/mol. The van der Waals surface area contributed by atoms with Crippen LogP contribution in [0, 0.1) is 11.7 Å². The number of hydrogen-bond acceptors (Lipinski definition) is 1. The van der Waals surface area contributed by atoms with Crippen molar-refractivity contribution in [3.05, 3.63) is 53.1 Å². The van der Waals surface area contributed by atoms with Crippen molar-refractivity contribution < 1.29 is 4.39 Å². The van der Waals surface area contributed by atoms with E-state index in [2.05, 4.69) is 18.1 Å². The summed E-state index contributed by atoms with van der Waals surface area (Å²) in [4.78, 5) is 0. The molecule has 1 heterocycles. The molecule has 0 spiro atoms. The number of aryl methyl sites for hydroxylation is 2. The van der Waals surface area contributed by atoms with Crippen molar-refractivity contribution in [2.75, 3.05) is 5.88 Å². The lowest BCUT2D eigenvalue weighted by Crippen LogP contribution is -2.13. The number of hydrogen-bond donors (Lipinski definition) is 0. The summed E-state index contributed by atoms with van der Waals surface area (Å²) in [5.74, 6) is 0.659. The molecule has 1 atom stereocenters. The lowest BCUT2D eigenvalue weighted by atomic mass is 9.96. The minimum Gasteiger partial charge on any atom is -0.272 e. The van der Waals surface area contributed by atoms with Crippen molar-refractivity contribution in [1.82, 2.24) is 9.78 Å². The van der Waals surface area contributed by atoms with Crippen LogP contribution in [-0.4, -0.2) is 15.7 Å². The molecule has 0 N–H and O–H groups in total. The van der Waals surface area contributed by atoms with Crippen molar-refractivity contribution in [2.45, 2.75) is 26.2 Å². The molecule has 2 rings (SSSR count). The van der Waals surface area contributed by atoms with Gasteiger partial charge < -0.3 is 0 Å². The number of alkyl halides is 1. The molecule has 1 aromatic carbocycles. The van der Waals surface area contributed by atoms with Gasteiger partial charge in [-0.05, 0) is 48.9 Å². The van der Waals surface area contributed by atoms with Crippen molar-refractivity contribution in [3.8, 4) is 0 Å². The van der Waals surface area contributed by atoms with Crippen molar-refractivity contribution >= 4 is 11.6 Å². The van der Waals surface area contributed by atoms with Crippen LogP contribution in [-0.2, 0) is 26.3 Å². The van der Waals surface area contributed by atoms with Gasteiger partial charge in [-0.3, -0.25) is 4.68 Å². The van der Waals surface area contributed by atoms with Gasteiger partial charge in [-0.15, -0.1) is 11.6 Å². The molecule has 0 aliphatic carbocycles. The predicted molar refractivity (Wildman–Crippen MR) is 80.6 cm³/mol. The zero-order chi connectivity index (χ0) is 14.5. The van der Waals surface area contributed by atoms with E-state index in [0.29, 0.717) is 11.8 Å². The van der Waals surface area contributed by atoms with Crippen LogP contribution in [0.4, 0.5) is 4.39 Å². The van der Waals surface area contributed by atoms with Crippen molar-refractivity contribution in [3.63, 3.8) is 0 Å². The Morgan fingerprint density at radius 3 is 2.70 bits per heavy atom. The number of aromatic nitrogens is 2. The molecule has 2 aromatic rings. The van der Waals surface area contributed by atoms with E-state index < -0.39 is 0 Å². The average Bonchev–Trinajstić information content (AvgIpc) is 2.78. The summed E-state index contributed by atoms with van der Waals surface area (Å²) in [6.45, 7) is 2.10. The lowest BCUT2D eigenvalue weighted by molar-refractivity contribution is 0.547. The fourth-order valence-corrected chi connectivity index (χ4v) is 2.63. The quantitative estimate of drug-likeness (QED) is 0.742. The summed E-state index contributed by atoms with van der Waals surface area (Å²) < 4.78 is 15.1. The Morgan fingerprint density at radius 2 is 2.10 bits per heavy atom. The van der Waals surface area contributed by atoms with E-state index in [1.807, 2.05) is 17.8 Å². The largest absolute Gasteiger partial charge is 0.272 e. The van der Waals surface area contributed by atoms with Crippen LogP contribution in [0.1, 0.15) is 23.9 Å². The van der Waals surface area contributed by atoms with Crippen LogP contribution >= 0.6 is 11.6 Å². The first-order valence-corrected chi connectivity index (χ1v) is 7.48. The summed E-state index contributed by atoms with van der Waals surface area (Å²) in [7, 11) is 1.96. The maximum Gasteiger partial charge on any atom is 0.123 e. The molecule has 1 aromatic heterocycles. The molecule has 1 unspecified atom stereocenters. The summed E-state index contributed by atoms with van der Waals surface area (Å²) >= 11 is 6.08. The molecule has 4 heteroatoms. The first kappa shape index (κ1) is 15.0. The van der Waals surface area contributed by atoms with Crippen LogP contribution < -0.4 is 0 Å². The standard InChI is InChI=1S/C16H20ClFN2/c1-3-15-10-16(20(2)19-15)9-13(11-17)7-12-5-4-6-14(18)8-12/h4-6,8,10,13H,3,7,9,11H2,1-2H3. The number of nitrogens with zero attached hydrogens (tertiary/aromatic N) is 2. The Balaban J connectivity index is 2.06. The third kappa shape index (κ3) is 3.83. The zero-order valence-corrected chi connectivity index (χ0v) is 12.7. The molecule has 0 amide bonds. The van der Waals surface area contributed by atoms with Crippen molar-refractivity contribution in [2.24, 2.45) is 13.0 Å². The van der Waals surface area contributed by atoms with E-state index in [4.69, 9.17) is 11.6 Å². The van der Waals surface area contributed by atoms with Crippen LogP contribution in [0.2, 0.25) is 0 Å². The zero-order valence-electron chi connectivity index (χ0n) is 11.9. The fourth-order valence-electron chi connectivity index (χ4n) is 2.41. The smallest absolute Gasteiger partial charge is 0.123 e. The second kappa shape index (κ2) is 6.89. The fraction of sp³-hybridized carbons (Fsp3) is 0.438. The second-order valence-corrected chi connectivity index (χ2v) is 5.47. The topological polar surface area (TPSA) is 17.8 Å². The third-order valence-corrected chi connectivity index (χ3v) is 3.96. The van der Waals surface area contributed by atoms with Gasteiger partial charge >= 0.3 is 0 Å². The Morgan fingerprint density at radius 1 is 1.30 bits per heavy atom. The van der Waals surface area contributed by atoms with Gasteiger partial charge in [0.25, 0.3) is 0 Å². The minimum atomic E-state index is -0.190. The SMILES string of the molecule is CCc1cc(CC(CCl)Cc2cccc(F)c2)n(C)n1. The highest BCUT2D eigenvalue weighted by Crippen LogP contribution is 2.17.